The lowest BCUT2D eigenvalue weighted by Gasteiger charge is -2.27. The van der Waals surface area contributed by atoms with Crippen LogP contribution in [0.15, 0.2) is 109 Å². The first-order chi connectivity index (χ1) is 16.8. The number of allylic oxidation sites excluding steroid dienone is 2. The van der Waals surface area contributed by atoms with Crippen molar-refractivity contribution in [2.24, 2.45) is 0 Å². The van der Waals surface area contributed by atoms with Crippen LogP contribution in [0.25, 0.3) is 44.1 Å². The van der Waals surface area contributed by atoms with Crippen LogP contribution in [-0.4, -0.2) is 11.0 Å². The van der Waals surface area contributed by atoms with Gasteiger partial charge in [0.15, 0.2) is 0 Å². The molecule has 2 heteroatoms. The number of pyridine rings is 1. The SMILES string of the molecule is C1=CC(C2=CCCC(c3ccc4ccc5ccccc5c4n3)=C2)Nc2c1ccc1ccccc21. The molecule has 0 saturated heterocycles. The highest BCUT2D eigenvalue weighted by Crippen LogP contribution is 2.36. The van der Waals surface area contributed by atoms with Crippen molar-refractivity contribution in [3.05, 3.63) is 120 Å². The molecule has 1 unspecified atom stereocenters. The average molecular weight is 437 g/mol. The van der Waals surface area contributed by atoms with Gasteiger partial charge < -0.3 is 5.32 Å². The molecule has 1 atom stereocenters. The zero-order valence-corrected chi connectivity index (χ0v) is 18.8. The first-order valence-corrected chi connectivity index (χ1v) is 12.0. The normalized spacial score (nSPS) is 17.4. The Morgan fingerprint density at radius 2 is 1.47 bits per heavy atom. The number of benzene rings is 4. The van der Waals surface area contributed by atoms with Crippen molar-refractivity contribution < 1.29 is 0 Å². The number of nitrogens with zero attached hydrogens (tertiary/aromatic N) is 1. The van der Waals surface area contributed by atoms with E-state index in [-0.39, 0.29) is 6.04 Å². The van der Waals surface area contributed by atoms with Crippen molar-refractivity contribution in [1.82, 2.24) is 4.98 Å². The molecular formula is C32H24N2. The Hall–Kier alpha value is -4.17. The number of fused-ring (bicyclic) bond motifs is 6. The van der Waals surface area contributed by atoms with Gasteiger partial charge in [-0.3, -0.25) is 0 Å². The molecule has 2 nitrogen and oxygen atoms in total. The summed E-state index contributed by atoms with van der Waals surface area (Å²) in [5.41, 5.74) is 7.27. The molecule has 1 aromatic heterocycles. The van der Waals surface area contributed by atoms with E-state index in [1.54, 1.807) is 0 Å². The van der Waals surface area contributed by atoms with Gasteiger partial charge in [0.1, 0.15) is 0 Å². The third-order valence-corrected chi connectivity index (χ3v) is 7.14. The van der Waals surface area contributed by atoms with Crippen molar-refractivity contribution in [3.8, 4) is 0 Å². The molecule has 0 fully saturated rings. The van der Waals surface area contributed by atoms with Crippen LogP contribution in [0.4, 0.5) is 5.69 Å². The number of hydrogen-bond donors (Lipinski definition) is 1. The molecule has 4 aromatic carbocycles. The van der Waals surface area contributed by atoms with Gasteiger partial charge in [-0.2, -0.15) is 0 Å². The summed E-state index contributed by atoms with van der Waals surface area (Å²) in [5.74, 6) is 0. The fraction of sp³-hybridized carbons (Fsp3) is 0.0938. The second-order valence-corrected chi connectivity index (χ2v) is 9.20. The van der Waals surface area contributed by atoms with Gasteiger partial charge in [-0.25, -0.2) is 4.98 Å². The van der Waals surface area contributed by atoms with E-state index in [9.17, 15) is 0 Å². The van der Waals surface area contributed by atoms with Crippen LogP contribution in [0.1, 0.15) is 24.1 Å². The molecule has 0 spiro atoms. The summed E-state index contributed by atoms with van der Waals surface area (Å²) >= 11 is 0. The fourth-order valence-corrected chi connectivity index (χ4v) is 5.37. The van der Waals surface area contributed by atoms with Crippen LogP contribution >= 0.6 is 0 Å². The number of anilines is 1. The molecule has 5 aromatic rings. The Morgan fingerprint density at radius 3 is 2.38 bits per heavy atom. The van der Waals surface area contributed by atoms with Crippen LogP contribution in [0.5, 0.6) is 0 Å². The van der Waals surface area contributed by atoms with E-state index in [0.717, 1.165) is 24.1 Å². The van der Waals surface area contributed by atoms with E-state index in [1.165, 1.54) is 49.3 Å². The molecule has 0 amide bonds. The Bertz CT molecular complexity index is 1690. The molecule has 34 heavy (non-hydrogen) atoms. The standard InChI is InChI=1S/C32H24N2/c1-3-10-27-21(6-1)12-14-23-16-18-29(33-31(23)27)25-8-5-9-26(20-25)30-19-17-24-15-13-22-7-2-4-11-28(22)32(24)34-30/h1-4,6-8,10-20,29,33H,5,9H2. The topological polar surface area (TPSA) is 24.9 Å². The molecule has 0 saturated carbocycles. The van der Waals surface area contributed by atoms with Crippen LogP contribution in [0.3, 0.4) is 0 Å². The quantitative estimate of drug-likeness (QED) is 0.282. The zero-order chi connectivity index (χ0) is 22.5. The van der Waals surface area contributed by atoms with Crippen molar-refractivity contribution >= 4 is 49.8 Å². The van der Waals surface area contributed by atoms with Gasteiger partial charge >= 0.3 is 0 Å². The molecule has 1 N–H and O–H groups in total. The molecule has 0 radical (unpaired) electrons. The first-order valence-electron chi connectivity index (χ1n) is 12.0. The van der Waals surface area contributed by atoms with Crippen molar-refractivity contribution in [3.63, 3.8) is 0 Å². The van der Waals surface area contributed by atoms with Gasteiger partial charge in [0.2, 0.25) is 0 Å². The monoisotopic (exact) mass is 436 g/mol. The van der Waals surface area contributed by atoms with Gasteiger partial charge in [-0.15, -0.1) is 0 Å². The average Bonchev–Trinajstić information content (AvgIpc) is 2.92. The molecular weight excluding hydrogens is 412 g/mol. The Balaban J connectivity index is 1.27. The fourth-order valence-electron chi connectivity index (χ4n) is 5.37. The van der Waals surface area contributed by atoms with Gasteiger partial charge in [0.05, 0.1) is 22.9 Å². The summed E-state index contributed by atoms with van der Waals surface area (Å²) in [6, 6.07) is 30.4. The number of nitrogens with one attached hydrogen (secondary N) is 1. The minimum atomic E-state index is 0.162. The third-order valence-electron chi connectivity index (χ3n) is 7.14. The number of aromatic nitrogens is 1. The lowest BCUT2D eigenvalue weighted by molar-refractivity contribution is 0.965. The minimum Gasteiger partial charge on any atom is -0.374 e. The molecule has 1 aliphatic heterocycles. The molecule has 0 bridgehead atoms. The third kappa shape index (κ3) is 3.14. The summed E-state index contributed by atoms with van der Waals surface area (Å²) in [6.07, 6.45) is 11.3. The summed E-state index contributed by atoms with van der Waals surface area (Å²) < 4.78 is 0. The van der Waals surface area contributed by atoms with Crippen LogP contribution in [0.2, 0.25) is 0 Å². The van der Waals surface area contributed by atoms with Crippen LogP contribution < -0.4 is 5.32 Å². The lowest BCUT2D eigenvalue weighted by Crippen LogP contribution is -2.23. The zero-order valence-electron chi connectivity index (χ0n) is 18.8. The summed E-state index contributed by atoms with van der Waals surface area (Å²) in [7, 11) is 0. The predicted octanol–water partition coefficient (Wildman–Crippen LogP) is 8.15. The number of hydrogen-bond acceptors (Lipinski definition) is 2. The number of rotatable bonds is 2. The molecule has 2 heterocycles. The van der Waals surface area contributed by atoms with Crippen molar-refractivity contribution in [2.75, 3.05) is 5.32 Å². The second-order valence-electron chi connectivity index (χ2n) is 9.20. The van der Waals surface area contributed by atoms with E-state index in [2.05, 4.69) is 115 Å². The molecule has 7 rings (SSSR count). The Morgan fingerprint density at radius 1 is 0.735 bits per heavy atom. The predicted molar refractivity (Wildman–Crippen MR) is 145 cm³/mol. The van der Waals surface area contributed by atoms with E-state index < -0.39 is 0 Å². The highest BCUT2D eigenvalue weighted by atomic mass is 14.9. The summed E-state index contributed by atoms with van der Waals surface area (Å²) in [5, 5.41) is 10.0. The second kappa shape index (κ2) is 7.71. The van der Waals surface area contributed by atoms with E-state index in [0.29, 0.717) is 0 Å². The Kier molecular flexibility index (Phi) is 4.38. The minimum absolute atomic E-state index is 0.162. The Labute approximate surface area is 199 Å². The smallest absolute Gasteiger partial charge is 0.0787 e. The maximum absolute atomic E-state index is 5.15. The van der Waals surface area contributed by atoms with Crippen LogP contribution in [0, 0.1) is 0 Å². The van der Waals surface area contributed by atoms with Crippen LogP contribution in [-0.2, 0) is 0 Å². The van der Waals surface area contributed by atoms with E-state index in [1.807, 2.05) is 0 Å². The highest BCUT2D eigenvalue weighted by Gasteiger charge is 2.20. The molecule has 1 aliphatic carbocycles. The molecule has 162 valence electrons. The maximum atomic E-state index is 5.15. The largest absolute Gasteiger partial charge is 0.374 e. The van der Waals surface area contributed by atoms with Gasteiger partial charge in [0.25, 0.3) is 0 Å². The van der Waals surface area contributed by atoms with Gasteiger partial charge in [-0.05, 0) is 46.4 Å². The maximum Gasteiger partial charge on any atom is 0.0787 e. The molecule has 2 aliphatic rings. The van der Waals surface area contributed by atoms with Crippen molar-refractivity contribution in [1.29, 1.82) is 0 Å². The summed E-state index contributed by atoms with van der Waals surface area (Å²) in [6.45, 7) is 0. The first kappa shape index (κ1) is 19.3. The summed E-state index contributed by atoms with van der Waals surface area (Å²) in [4.78, 5) is 5.15. The highest BCUT2D eigenvalue weighted by molar-refractivity contribution is 6.05. The lowest BCUT2D eigenvalue weighted by atomic mass is 9.90. The van der Waals surface area contributed by atoms with Crippen molar-refractivity contribution in [2.45, 2.75) is 18.9 Å². The van der Waals surface area contributed by atoms with Gasteiger partial charge in [0, 0.05) is 16.2 Å². The van der Waals surface area contributed by atoms with E-state index in [4.69, 9.17) is 4.98 Å². The van der Waals surface area contributed by atoms with Gasteiger partial charge in [-0.1, -0.05) is 103 Å². The van der Waals surface area contributed by atoms with E-state index >= 15 is 0 Å².